The molecule has 1 saturated heterocycles. The predicted octanol–water partition coefficient (Wildman–Crippen LogP) is 2.46. The van der Waals surface area contributed by atoms with Gasteiger partial charge in [-0.1, -0.05) is 6.07 Å². The molecule has 1 heterocycles. The summed E-state index contributed by atoms with van der Waals surface area (Å²) in [5, 5.41) is 10.3. The Bertz CT molecular complexity index is 493. The number of benzene rings is 1. The molecule has 0 bridgehead atoms. The normalized spacial score (nSPS) is 24.3. The van der Waals surface area contributed by atoms with E-state index in [4.69, 9.17) is 9.47 Å². The minimum Gasteiger partial charge on any atom is -0.491 e. The predicted molar refractivity (Wildman–Crippen MR) is 88.6 cm³/mol. The van der Waals surface area contributed by atoms with Crippen LogP contribution in [0.25, 0.3) is 0 Å². The van der Waals surface area contributed by atoms with E-state index in [0.29, 0.717) is 13.2 Å². The average Bonchev–Trinajstić information content (AvgIpc) is 2.40. The summed E-state index contributed by atoms with van der Waals surface area (Å²) in [5.74, 6) is 0.875. The number of nitrogens with zero attached hydrogens (tertiary/aromatic N) is 1. The molecule has 0 aromatic heterocycles. The minimum absolute atomic E-state index is 0.221. The van der Waals surface area contributed by atoms with Gasteiger partial charge in [0.2, 0.25) is 0 Å². The van der Waals surface area contributed by atoms with E-state index in [0.717, 1.165) is 24.4 Å². The number of ether oxygens (including phenoxy) is 2. The minimum atomic E-state index is -0.488. The number of hydrogen-bond acceptors (Lipinski definition) is 4. The lowest BCUT2D eigenvalue weighted by Crippen LogP contribution is -2.48. The number of β-amino-alcohol motifs (C(OH)–C–C–N with tert-alkyl or cyclic N) is 1. The van der Waals surface area contributed by atoms with E-state index in [9.17, 15) is 5.11 Å². The highest BCUT2D eigenvalue weighted by Gasteiger charge is 2.24. The average molecular weight is 307 g/mol. The van der Waals surface area contributed by atoms with Crippen molar-refractivity contribution in [2.45, 2.75) is 52.9 Å². The number of aryl methyl sites for hydroxylation is 2. The molecule has 1 fully saturated rings. The molecule has 1 aromatic carbocycles. The van der Waals surface area contributed by atoms with Gasteiger partial charge in [-0.15, -0.1) is 0 Å². The van der Waals surface area contributed by atoms with Crippen molar-refractivity contribution in [3.63, 3.8) is 0 Å². The van der Waals surface area contributed by atoms with Crippen LogP contribution in [-0.4, -0.2) is 54.6 Å². The Balaban J connectivity index is 1.86. The van der Waals surface area contributed by atoms with Gasteiger partial charge in [0, 0.05) is 19.6 Å². The second-order valence-corrected chi connectivity index (χ2v) is 6.65. The van der Waals surface area contributed by atoms with Crippen LogP contribution in [0.2, 0.25) is 0 Å². The van der Waals surface area contributed by atoms with Crippen LogP contribution in [0, 0.1) is 20.8 Å². The third-order valence-electron chi connectivity index (χ3n) is 4.16. The van der Waals surface area contributed by atoms with Gasteiger partial charge >= 0.3 is 0 Å². The first-order chi connectivity index (χ1) is 10.3. The zero-order valence-corrected chi connectivity index (χ0v) is 14.4. The van der Waals surface area contributed by atoms with Crippen LogP contribution in [0.1, 0.15) is 30.5 Å². The highest BCUT2D eigenvalue weighted by atomic mass is 16.5. The van der Waals surface area contributed by atoms with Gasteiger partial charge in [-0.3, -0.25) is 4.90 Å². The monoisotopic (exact) mass is 307 g/mol. The van der Waals surface area contributed by atoms with E-state index in [2.05, 4.69) is 45.6 Å². The van der Waals surface area contributed by atoms with Gasteiger partial charge in [-0.05, 0) is 57.4 Å². The van der Waals surface area contributed by atoms with Crippen LogP contribution in [0.5, 0.6) is 5.75 Å². The Morgan fingerprint density at radius 1 is 1.23 bits per heavy atom. The summed E-state index contributed by atoms with van der Waals surface area (Å²) in [6.45, 7) is 13.0. The third-order valence-corrected chi connectivity index (χ3v) is 4.16. The summed E-state index contributed by atoms with van der Waals surface area (Å²) in [6, 6.07) is 4.18. The SMILES string of the molecule is Cc1cc(C)c(C)c(OC[C@H](O)CN2C[C@H](C)O[C@@H](C)C2)c1. The molecule has 0 radical (unpaired) electrons. The summed E-state index contributed by atoms with van der Waals surface area (Å²) in [7, 11) is 0. The van der Waals surface area contributed by atoms with Crippen molar-refractivity contribution >= 4 is 0 Å². The lowest BCUT2D eigenvalue weighted by atomic mass is 10.1. The van der Waals surface area contributed by atoms with E-state index in [1.807, 2.05) is 6.07 Å². The fourth-order valence-corrected chi connectivity index (χ4v) is 3.12. The van der Waals surface area contributed by atoms with Crippen molar-refractivity contribution in [2.24, 2.45) is 0 Å². The molecule has 124 valence electrons. The van der Waals surface area contributed by atoms with Crippen molar-refractivity contribution in [2.75, 3.05) is 26.2 Å². The first-order valence-corrected chi connectivity index (χ1v) is 8.11. The van der Waals surface area contributed by atoms with Crippen molar-refractivity contribution < 1.29 is 14.6 Å². The summed E-state index contributed by atoms with van der Waals surface area (Å²) in [5.41, 5.74) is 3.55. The summed E-state index contributed by atoms with van der Waals surface area (Å²) >= 11 is 0. The largest absolute Gasteiger partial charge is 0.491 e. The second kappa shape index (κ2) is 7.44. The Kier molecular flexibility index (Phi) is 5.84. The van der Waals surface area contributed by atoms with Crippen molar-refractivity contribution in [3.05, 3.63) is 28.8 Å². The first-order valence-electron chi connectivity index (χ1n) is 8.11. The first kappa shape index (κ1) is 17.3. The highest BCUT2D eigenvalue weighted by molar-refractivity contribution is 5.41. The fourth-order valence-electron chi connectivity index (χ4n) is 3.12. The Hall–Kier alpha value is -1.10. The Labute approximate surface area is 134 Å². The Morgan fingerprint density at radius 3 is 2.50 bits per heavy atom. The van der Waals surface area contributed by atoms with Gasteiger partial charge in [0.15, 0.2) is 0 Å². The molecule has 1 aliphatic heterocycles. The summed E-state index contributed by atoms with van der Waals surface area (Å²) < 4.78 is 11.6. The van der Waals surface area contributed by atoms with Gasteiger partial charge in [0.25, 0.3) is 0 Å². The molecule has 0 aliphatic carbocycles. The molecule has 2 rings (SSSR count). The summed E-state index contributed by atoms with van der Waals surface area (Å²) in [4.78, 5) is 2.25. The van der Waals surface area contributed by atoms with Crippen LogP contribution in [-0.2, 0) is 4.74 Å². The molecule has 4 heteroatoms. The molecule has 1 N–H and O–H groups in total. The molecule has 0 saturated carbocycles. The van der Waals surface area contributed by atoms with E-state index in [1.54, 1.807) is 0 Å². The molecule has 0 unspecified atom stereocenters. The quantitative estimate of drug-likeness (QED) is 0.907. The fraction of sp³-hybridized carbons (Fsp3) is 0.667. The van der Waals surface area contributed by atoms with Gasteiger partial charge in [-0.2, -0.15) is 0 Å². The molecule has 22 heavy (non-hydrogen) atoms. The van der Waals surface area contributed by atoms with Crippen molar-refractivity contribution in [3.8, 4) is 5.75 Å². The number of aliphatic hydroxyl groups excluding tert-OH is 1. The summed E-state index contributed by atoms with van der Waals surface area (Å²) in [6.07, 6.45) is -0.0465. The number of morpholine rings is 1. The maximum Gasteiger partial charge on any atom is 0.122 e. The standard InChI is InChI=1S/C18H29NO3/c1-12-6-13(2)16(5)18(7-12)21-11-17(20)10-19-8-14(3)22-15(4)9-19/h6-7,14-15,17,20H,8-11H2,1-5H3/t14-,15-,17+/m0/s1. The molecule has 0 spiro atoms. The van der Waals surface area contributed by atoms with E-state index in [1.165, 1.54) is 11.1 Å². The smallest absolute Gasteiger partial charge is 0.122 e. The lowest BCUT2D eigenvalue weighted by molar-refractivity contribution is -0.0787. The van der Waals surface area contributed by atoms with Crippen LogP contribution >= 0.6 is 0 Å². The van der Waals surface area contributed by atoms with Crippen molar-refractivity contribution in [1.29, 1.82) is 0 Å². The van der Waals surface area contributed by atoms with Crippen LogP contribution in [0.4, 0.5) is 0 Å². The Morgan fingerprint density at radius 2 is 1.86 bits per heavy atom. The van der Waals surface area contributed by atoms with Crippen LogP contribution in [0.15, 0.2) is 12.1 Å². The lowest BCUT2D eigenvalue weighted by Gasteiger charge is -2.36. The molecular formula is C18H29NO3. The highest BCUT2D eigenvalue weighted by Crippen LogP contribution is 2.23. The molecular weight excluding hydrogens is 278 g/mol. The zero-order chi connectivity index (χ0) is 16.3. The molecule has 1 aliphatic rings. The van der Waals surface area contributed by atoms with E-state index in [-0.39, 0.29) is 12.2 Å². The van der Waals surface area contributed by atoms with Gasteiger partial charge in [0.05, 0.1) is 12.2 Å². The molecule has 1 aromatic rings. The molecule has 4 nitrogen and oxygen atoms in total. The maximum absolute atomic E-state index is 10.3. The van der Waals surface area contributed by atoms with Crippen molar-refractivity contribution in [1.82, 2.24) is 4.90 Å². The van der Waals surface area contributed by atoms with Gasteiger partial charge in [-0.25, -0.2) is 0 Å². The van der Waals surface area contributed by atoms with E-state index >= 15 is 0 Å². The van der Waals surface area contributed by atoms with Gasteiger partial charge < -0.3 is 14.6 Å². The van der Waals surface area contributed by atoms with Crippen LogP contribution < -0.4 is 4.74 Å². The third kappa shape index (κ3) is 4.70. The molecule has 0 amide bonds. The molecule has 3 atom stereocenters. The second-order valence-electron chi connectivity index (χ2n) is 6.65. The van der Waals surface area contributed by atoms with E-state index < -0.39 is 6.10 Å². The zero-order valence-electron chi connectivity index (χ0n) is 14.4. The number of aliphatic hydroxyl groups is 1. The topological polar surface area (TPSA) is 41.9 Å². The maximum atomic E-state index is 10.3. The number of hydrogen-bond donors (Lipinski definition) is 1. The van der Waals surface area contributed by atoms with Crippen LogP contribution in [0.3, 0.4) is 0 Å². The number of rotatable bonds is 5. The van der Waals surface area contributed by atoms with Gasteiger partial charge in [0.1, 0.15) is 18.5 Å².